The molecule has 0 radical (unpaired) electrons. The van der Waals surface area contributed by atoms with Crippen LogP contribution in [0.3, 0.4) is 0 Å². The van der Waals surface area contributed by atoms with Crippen LogP contribution in [0.25, 0.3) is 0 Å². The minimum Gasteiger partial charge on any atom is -0.397 e. The summed E-state index contributed by atoms with van der Waals surface area (Å²) in [5.74, 6) is 0.215. The Bertz CT molecular complexity index is 426. The third kappa shape index (κ3) is 2.60. The van der Waals surface area contributed by atoms with Crippen molar-refractivity contribution < 1.29 is 4.79 Å². The number of aryl methyl sites for hydroxylation is 1. The second-order valence-corrected chi connectivity index (χ2v) is 4.66. The summed E-state index contributed by atoms with van der Waals surface area (Å²) in [6, 6.07) is 3.82. The van der Waals surface area contributed by atoms with Gasteiger partial charge in [0.25, 0.3) is 0 Å². The molecular formula is C14H20N2O. The largest absolute Gasteiger partial charge is 0.397 e. The maximum Gasteiger partial charge on any atom is 0.162 e. The van der Waals surface area contributed by atoms with Crippen molar-refractivity contribution in [2.45, 2.75) is 39.0 Å². The van der Waals surface area contributed by atoms with E-state index in [4.69, 9.17) is 5.73 Å². The zero-order chi connectivity index (χ0) is 12.3. The van der Waals surface area contributed by atoms with Crippen LogP contribution in [0.2, 0.25) is 0 Å². The van der Waals surface area contributed by atoms with Gasteiger partial charge in [-0.3, -0.25) is 4.79 Å². The second kappa shape index (κ2) is 5.21. The van der Waals surface area contributed by atoms with Crippen LogP contribution in [0, 0.1) is 0 Å². The molecule has 0 bridgehead atoms. The van der Waals surface area contributed by atoms with Crippen molar-refractivity contribution in [3.8, 4) is 0 Å². The minimum absolute atomic E-state index is 0.215. The number of fused-ring (bicyclic) bond motifs is 1. The standard InChI is InChI=1S/C14H20N2O/c1-2-3-6-13(17)11-8-10-5-4-7-16-14(10)12(15)9-11/h8-9,16H,2-7,15H2,1H3. The van der Waals surface area contributed by atoms with E-state index in [2.05, 4.69) is 12.2 Å². The molecule has 0 atom stereocenters. The number of carbonyl (C=O) groups is 1. The fourth-order valence-corrected chi connectivity index (χ4v) is 2.27. The molecule has 0 aliphatic carbocycles. The smallest absolute Gasteiger partial charge is 0.162 e. The van der Waals surface area contributed by atoms with Crippen LogP contribution < -0.4 is 11.1 Å². The molecule has 1 aliphatic rings. The molecule has 0 amide bonds. The predicted octanol–water partition coefficient (Wildman–Crippen LogP) is 3.00. The topological polar surface area (TPSA) is 55.1 Å². The van der Waals surface area contributed by atoms with Gasteiger partial charge in [0.15, 0.2) is 5.78 Å². The Morgan fingerprint density at radius 3 is 3.06 bits per heavy atom. The lowest BCUT2D eigenvalue weighted by atomic mass is 9.96. The summed E-state index contributed by atoms with van der Waals surface area (Å²) in [5, 5.41) is 3.30. The molecule has 0 spiro atoms. The Kier molecular flexibility index (Phi) is 3.67. The Hall–Kier alpha value is -1.51. The van der Waals surface area contributed by atoms with Crippen LogP contribution in [-0.2, 0) is 6.42 Å². The summed E-state index contributed by atoms with van der Waals surface area (Å²) in [4.78, 5) is 12.0. The molecule has 2 rings (SSSR count). The van der Waals surface area contributed by atoms with Crippen LogP contribution in [0.1, 0.15) is 48.5 Å². The van der Waals surface area contributed by atoms with E-state index in [1.807, 2.05) is 12.1 Å². The maximum absolute atomic E-state index is 12.0. The first kappa shape index (κ1) is 12.0. The molecule has 1 aliphatic heterocycles. The Labute approximate surface area is 102 Å². The second-order valence-electron chi connectivity index (χ2n) is 4.66. The number of nitrogen functional groups attached to an aromatic ring is 1. The number of benzene rings is 1. The first-order chi connectivity index (χ1) is 8.22. The fraction of sp³-hybridized carbons (Fsp3) is 0.500. The van der Waals surface area contributed by atoms with E-state index in [0.717, 1.165) is 43.5 Å². The first-order valence-electron chi connectivity index (χ1n) is 6.42. The number of anilines is 2. The van der Waals surface area contributed by atoms with Crippen LogP contribution >= 0.6 is 0 Å². The summed E-state index contributed by atoms with van der Waals surface area (Å²) in [7, 11) is 0. The van der Waals surface area contributed by atoms with E-state index in [9.17, 15) is 4.79 Å². The SMILES string of the molecule is CCCCC(=O)c1cc(N)c2c(c1)CCCN2. The average molecular weight is 232 g/mol. The van der Waals surface area contributed by atoms with Crippen LogP contribution in [0.5, 0.6) is 0 Å². The highest BCUT2D eigenvalue weighted by Crippen LogP contribution is 2.30. The highest BCUT2D eigenvalue weighted by Gasteiger charge is 2.15. The zero-order valence-electron chi connectivity index (χ0n) is 10.4. The van der Waals surface area contributed by atoms with Gasteiger partial charge in [-0.1, -0.05) is 13.3 Å². The van der Waals surface area contributed by atoms with E-state index in [1.54, 1.807) is 0 Å². The number of unbranched alkanes of at least 4 members (excludes halogenated alkanes) is 1. The van der Waals surface area contributed by atoms with E-state index in [0.29, 0.717) is 12.1 Å². The number of nitrogens with two attached hydrogens (primary N) is 1. The van der Waals surface area contributed by atoms with Gasteiger partial charge < -0.3 is 11.1 Å². The number of hydrogen-bond acceptors (Lipinski definition) is 3. The lowest BCUT2D eigenvalue weighted by Gasteiger charge is -2.20. The highest BCUT2D eigenvalue weighted by atomic mass is 16.1. The monoisotopic (exact) mass is 232 g/mol. The number of Topliss-reactive ketones (excluding diaryl/α,β-unsaturated/α-hetero) is 1. The van der Waals surface area contributed by atoms with Gasteiger partial charge in [0.1, 0.15) is 0 Å². The minimum atomic E-state index is 0.215. The summed E-state index contributed by atoms with van der Waals surface area (Å²) >= 11 is 0. The highest BCUT2D eigenvalue weighted by molar-refractivity contribution is 5.98. The van der Waals surface area contributed by atoms with Gasteiger partial charge in [-0.15, -0.1) is 0 Å². The van der Waals surface area contributed by atoms with Gasteiger partial charge in [-0.25, -0.2) is 0 Å². The van der Waals surface area contributed by atoms with Gasteiger partial charge in [0.2, 0.25) is 0 Å². The number of ketones is 1. The van der Waals surface area contributed by atoms with Crippen molar-refractivity contribution in [1.29, 1.82) is 0 Å². The van der Waals surface area contributed by atoms with Crippen molar-refractivity contribution in [2.24, 2.45) is 0 Å². The summed E-state index contributed by atoms with van der Waals surface area (Å²) in [5.41, 5.74) is 9.70. The molecule has 1 aromatic carbocycles. The van der Waals surface area contributed by atoms with Crippen LogP contribution in [0.15, 0.2) is 12.1 Å². The molecule has 3 nitrogen and oxygen atoms in total. The molecule has 0 fully saturated rings. The normalized spacial score (nSPS) is 13.9. The van der Waals surface area contributed by atoms with Gasteiger partial charge in [-0.05, 0) is 37.0 Å². The molecule has 3 N–H and O–H groups in total. The van der Waals surface area contributed by atoms with Gasteiger partial charge in [-0.2, -0.15) is 0 Å². The van der Waals surface area contributed by atoms with Gasteiger partial charge in [0.05, 0.1) is 11.4 Å². The molecule has 0 aromatic heterocycles. The Morgan fingerprint density at radius 2 is 2.29 bits per heavy atom. The third-order valence-electron chi connectivity index (χ3n) is 3.25. The molecule has 3 heteroatoms. The summed E-state index contributed by atoms with van der Waals surface area (Å²) in [6.45, 7) is 3.07. The van der Waals surface area contributed by atoms with Crippen molar-refractivity contribution in [1.82, 2.24) is 0 Å². The van der Waals surface area contributed by atoms with E-state index in [-0.39, 0.29) is 5.78 Å². The Morgan fingerprint density at radius 1 is 1.47 bits per heavy atom. The molecule has 1 heterocycles. The average Bonchev–Trinajstić information content (AvgIpc) is 2.36. The number of rotatable bonds is 4. The van der Waals surface area contributed by atoms with Crippen LogP contribution in [0.4, 0.5) is 11.4 Å². The molecular weight excluding hydrogens is 212 g/mol. The molecule has 0 saturated heterocycles. The lowest BCUT2D eigenvalue weighted by molar-refractivity contribution is 0.0979. The molecule has 0 saturated carbocycles. The summed E-state index contributed by atoms with van der Waals surface area (Å²) < 4.78 is 0. The third-order valence-corrected chi connectivity index (χ3v) is 3.25. The van der Waals surface area contributed by atoms with Crippen molar-refractivity contribution in [3.63, 3.8) is 0 Å². The van der Waals surface area contributed by atoms with Crippen LogP contribution in [-0.4, -0.2) is 12.3 Å². The molecule has 0 unspecified atom stereocenters. The zero-order valence-corrected chi connectivity index (χ0v) is 10.4. The maximum atomic E-state index is 12.0. The van der Waals surface area contributed by atoms with Crippen molar-refractivity contribution in [3.05, 3.63) is 23.3 Å². The van der Waals surface area contributed by atoms with E-state index >= 15 is 0 Å². The number of nitrogens with one attached hydrogen (secondary N) is 1. The number of carbonyl (C=O) groups excluding carboxylic acids is 1. The first-order valence-corrected chi connectivity index (χ1v) is 6.42. The van der Waals surface area contributed by atoms with Gasteiger partial charge >= 0.3 is 0 Å². The summed E-state index contributed by atoms with van der Waals surface area (Å²) in [6.07, 6.45) is 4.75. The Balaban J connectivity index is 2.24. The van der Waals surface area contributed by atoms with Crippen molar-refractivity contribution >= 4 is 17.2 Å². The molecule has 17 heavy (non-hydrogen) atoms. The quantitative estimate of drug-likeness (QED) is 0.619. The van der Waals surface area contributed by atoms with Gasteiger partial charge in [0, 0.05) is 18.5 Å². The van der Waals surface area contributed by atoms with E-state index in [1.165, 1.54) is 5.56 Å². The van der Waals surface area contributed by atoms with Crippen molar-refractivity contribution in [2.75, 3.05) is 17.6 Å². The number of hydrogen-bond donors (Lipinski definition) is 2. The lowest BCUT2D eigenvalue weighted by Crippen LogP contribution is -2.15. The fourth-order valence-electron chi connectivity index (χ4n) is 2.27. The van der Waals surface area contributed by atoms with E-state index < -0.39 is 0 Å². The predicted molar refractivity (Wildman–Crippen MR) is 71.5 cm³/mol. The molecule has 92 valence electrons. The molecule has 1 aromatic rings.